The summed E-state index contributed by atoms with van der Waals surface area (Å²) in [6.07, 6.45) is 1.20. The Kier molecular flexibility index (Phi) is 10.9. The fraction of sp³-hybridized carbons (Fsp3) is 0.545. The predicted molar refractivity (Wildman–Crippen MR) is 59.0 cm³/mol. The fourth-order valence-corrected chi connectivity index (χ4v) is 0.749. The van der Waals surface area contributed by atoms with Crippen LogP contribution in [0.5, 0.6) is 0 Å². The van der Waals surface area contributed by atoms with Gasteiger partial charge in [0.2, 0.25) is 0 Å². The highest BCUT2D eigenvalue weighted by Crippen LogP contribution is 1.90. The number of pyridine rings is 1. The third kappa shape index (κ3) is 5.51. The molecule has 0 aromatic carbocycles. The average Bonchev–Trinajstić information content (AvgIpc) is 2.27. The van der Waals surface area contributed by atoms with E-state index in [9.17, 15) is 9.18 Å². The van der Waals surface area contributed by atoms with Gasteiger partial charge in [-0.15, -0.1) is 0 Å². The molecule has 1 aromatic rings. The highest BCUT2D eigenvalue weighted by atomic mass is 19.1. The summed E-state index contributed by atoms with van der Waals surface area (Å²) in [5.74, 6) is -0.374. The predicted octanol–water partition coefficient (Wildman–Crippen LogP) is 3.06. The molecular formula is C11H20FNO. The minimum Gasteiger partial charge on any atom is -0.313 e. The van der Waals surface area contributed by atoms with Crippen LogP contribution in [-0.4, -0.2) is 4.57 Å². The Bertz CT molecular complexity index is 281. The van der Waals surface area contributed by atoms with E-state index >= 15 is 0 Å². The smallest absolute Gasteiger partial charge is 0.250 e. The Balaban J connectivity index is 0. The first-order chi connectivity index (χ1) is 6.74. The van der Waals surface area contributed by atoms with E-state index in [1.807, 2.05) is 27.7 Å². The van der Waals surface area contributed by atoms with Gasteiger partial charge in [0.05, 0.1) is 0 Å². The van der Waals surface area contributed by atoms with Gasteiger partial charge in [-0.25, -0.2) is 4.39 Å². The number of aromatic nitrogens is 1. The molecule has 0 aliphatic rings. The van der Waals surface area contributed by atoms with Crippen LogP contribution in [0.25, 0.3) is 0 Å². The molecule has 14 heavy (non-hydrogen) atoms. The molecule has 0 N–H and O–H groups in total. The standard InChI is InChI=1S/C7H8FNO.2C2H6/c1-2-9-5-6(8)3-4-7(9)10;2*1-2/h3-5H,2H2,1H3;2*1-2H3. The Labute approximate surface area is 85.4 Å². The van der Waals surface area contributed by atoms with Gasteiger partial charge in [0.15, 0.2) is 0 Å². The largest absolute Gasteiger partial charge is 0.313 e. The molecule has 82 valence electrons. The van der Waals surface area contributed by atoms with Crippen molar-refractivity contribution in [1.29, 1.82) is 0 Å². The highest BCUT2D eigenvalue weighted by molar-refractivity contribution is 4.96. The van der Waals surface area contributed by atoms with Crippen LogP contribution in [0.3, 0.4) is 0 Å². The molecule has 0 amide bonds. The minimum absolute atomic E-state index is 0.163. The van der Waals surface area contributed by atoms with Gasteiger partial charge in [-0.3, -0.25) is 4.79 Å². The van der Waals surface area contributed by atoms with Crippen molar-refractivity contribution in [3.63, 3.8) is 0 Å². The van der Waals surface area contributed by atoms with E-state index in [1.165, 1.54) is 16.8 Å². The summed E-state index contributed by atoms with van der Waals surface area (Å²) in [5, 5.41) is 0. The first-order valence-corrected chi connectivity index (χ1v) is 5.10. The molecule has 2 nitrogen and oxygen atoms in total. The maximum atomic E-state index is 12.4. The van der Waals surface area contributed by atoms with Crippen molar-refractivity contribution < 1.29 is 4.39 Å². The highest BCUT2D eigenvalue weighted by Gasteiger charge is 1.92. The topological polar surface area (TPSA) is 22.0 Å². The molecule has 0 fully saturated rings. The molecule has 1 rings (SSSR count). The summed E-state index contributed by atoms with van der Waals surface area (Å²) in [7, 11) is 0. The van der Waals surface area contributed by atoms with Gasteiger partial charge >= 0.3 is 0 Å². The Morgan fingerprint density at radius 2 is 1.71 bits per heavy atom. The van der Waals surface area contributed by atoms with Crippen molar-refractivity contribution in [2.45, 2.75) is 41.2 Å². The lowest BCUT2D eigenvalue weighted by molar-refractivity contribution is 0.590. The van der Waals surface area contributed by atoms with E-state index in [0.29, 0.717) is 6.54 Å². The van der Waals surface area contributed by atoms with Crippen LogP contribution in [0.15, 0.2) is 23.1 Å². The van der Waals surface area contributed by atoms with Gasteiger partial charge in [-0.1, -0.05) is 27.7 Å². The molecule has 0 spiro atoms. The van der Waals surface area contributed by atoms with Gasteiger partial charge in [0, 0.05) is 18.8 Å². The molecule has 0 saturated carbocycles. The summed E-state index contributed by atoms with van der Waals surface area (Å²) >= 11 is 0. The van der Waals surface area contributed by atoms with Gasteiger partial charge in [-0.2, -0.15) is 0 Å². The van der Waals surface area contributed by atoms with E-state index in [4.69, 9.17) is 0 Å². The molecule has 1 heterocycles. The SMILES string of the molecule is CC.CC.CCn1cc(F)ccc1=O. The summed E-state index contributed by atoms with van der Waals surface area (Å²) in [6, 6.07) is 2.38. The second kappa shape index (κ2) is 9.96. The Hall–Kier alpha value is -1.12. The van der Waals surface area contributed by atoms with Gasteiger partial charge in [0.25, 0.3) is 5.56 Å². The first-order valence-electron chi connectivity index (χ1n) is 5.10. The van der Waals surface area contributed by atoms with E-state index in [-0.39, 0.29) is 11.4 Å². The lowest BCUT2D eigenvalue weighted by atomic mass is 10.4. The summed E-state index contributed by atoms with van der Waals surface area (Å²) in [6.45, 7) is 10.3. The number of nitrogens with zero attached hydrogens (tertiary/aromatic N) is 1. The number of hydrogen-bond donors (Lipinski definition) is 0. The van der Waals surface area contributed by atoms with Crippen LogP contribution in [-0.2, 0) is 6.54 Å². The Morgan fingerprint density at radius 1 is 1.21 bits per heavy atom. The fourth-order valence-electron chi connectivity index (χ4n) is 0.749. The van der Waals surface area contributed by atoms with Crippen molar-refractivity contribution in [3.05, 3.63) is 34.5 Å². The molecule has 0 atom stereocenters. The number of aryl methyl sites for hydroxylation is 1. The van der Waals surface area contributed by atoms with Crippen LogP contribution in [0.2, 0.25) is 0 Å². The third-order valence-electron chi connectivity index (χ3n) is 1.29. The van der Waals surface area contributed by atoms with E-state index < -0.39 is 0 Å². The van der Waals surface area contributed by atoms with Crippen molar-refractivity contribution in [2.75, 3.05) is 0 Å². The van der Waals surface area contributed by atoms with Crippen LogP contribution in [0, 0.1) is 5.82 Å². The van der Waals surface area contributed by atoms with Crippen molar-refractivity contribution in [2.24, 2.45) is 0 Å². The van der Waals surface area contributed by atoms with Crippen molar-refractivity contribution in [3.8, 4) is 0 Å². The Morgan fingerprint density at radius 3 is 2.07 bits per heavy atom. The molecule has 0 aliphatic heterocycles. The zero-order valence-electron chi connectivity index (χ0n) is 9.67. The normalized spacial score (nSPS) is 7.86. The molecule has 3 heteroatoms. The molecule has 0 bridgehead atoms. The zero-order chi connectivity index (χ0) is 11.6. The number of hydrogen-bond acceptors (Lipinski definition) is 1. The van der Waals surface area contributed by atoms with Crippen LogP contribution < -0.4 is 5.56 Å². The van der Waals surface area contributed by atoms with Crippen molar-refractivity contribution >= 4 is 0 Å². The van der Waals surface area contributed by atoms with E-state index in [1.54, 1.807) is 6.92 Å². The second-order valence-corrected chi connectivity index (χ2v) is 1.97. The maximum Gasteiger partial charge on any atom is 0.250 e. The van der Waals surface area contributed by atoms with Gasteiger partial charge in [0.1, 0.15) is 5.82 Å². The molecule has 1 aromatic heterocycles. The van der Waals surface area contributed by atoms with E-state index in [0.717, 1.165) is 6.07 Å². The van der Waals surface area contributed by atoms with Gasteiger partial charge in [-0.05, 0) is 13.0 Å². The summed E-state index contributed by atoms with van der Waals surface area (Å²) < 4.78 is 13.7. The number of halogens is 1. The maximum absolute atomic E-state index is 12.4. The zero-order valence-corrected chi connectivity index (χ0v) is 9.67. The van der Waals surface area contributed by atoms with Crippen molar-refractivity contribution in [1.82, 2.24) is 4.57 Å². The molecule has 0 unspecified atom stereocenters. The number of rotatable bonds is 1. The molecule has 0 saturated heterocycles. The lowest BCUT2D eigenvalue weighted by Crippen LogP contribution is -2.17. The molecule has 0 radical (unpaired) electrons. The lowest BCUT2D eigenvalue weighted by Gasteiger charge is -1.98. The summed E-state index contributed by atoms with van der Waals surface area (Å²) in [5.41, 5.74) is -0.163. The van der Waals surface area contributed by atoms with Gasteiger partial charge < -0.3 is 4.57 Å². The second-order valence-electron chi connectivity index (χ2n) is 1.97. The monoisotopic (exact) mass is 201 g/mol. The van der Waals surface area contributed by atoms with Crippen LogP contribution in [0.1, 0.15) is 34.6 Å². The molecular weight excluding hydrogens is 181 g/mol. The van der Waals surface area contributed by atoms with E-state index in [2.05, 4.69) is 0 Å². The third-order valence-corrected chi connectivity index (χ3v) is 1.29. The average molecular weight is 201 g/mol. The quantitative estimate of drug-likeness (QED) is 0.684. The summed E-state index contributed by atoms with van der Waals surface area (Å²) in [4.78, 5) is 10.8. The molecule has 0 aliphatic carbocycles. The van der Waals surface area contributed by atoms with Crippen LogP contribution in [0.4, 0.5) is 4.39 Å². The minimum atomic E-state index is -0.374. The van der Waals surface area contributed by atoms with Crippen LogP contribution >= 0.6 is 0 Å². The first kappa shape index (κ1) is 15.4.